The van der Waals surface area contributed by atoms with Crippen LogP contribution in [0.4, 0.5) is 0 Å². The quantitative estimate of drug-likeness (QED) is 0.772. The summed E-state index contributed by atoms with van der Waals surface area (Å²) in [6, 6.07) is 9.46. The van der Waals surface area contributed by atoms with Crippen molar-refractivity contribution in [1.29, 1.82) is 0 Å². The van der Waals surface area contributed by atoms with Crippen LogP contribution in [0.3, 0.4) is 0 Å². The van der Waals surface area contributed by atoms with E-state index in [-0.39, 0.29) is 6.10 Å². The van der Waals surface area contributed by atoms with E-state index in [0.717, 1.165) is 29.7 Å². The van der Waals surface area contributed by atoms with Crippen LogP contribution in [0.5, 0.6) is 0 Å². The van der Waals surface area contributed by atoms with Gasteiger partial charge in [-0.25, -0.2) is 4.21 Å². The third-order valence-electron chi connectivity index (χ3n) is 3.02. The van der Waals surface area contributed by atoms with Crippen LogP contribution in [0.15, 0.2) is 58.5 Å². The van der Waals surface area contributed by atoms with E-state index >= 15 is 0 Å². The van der Waals surface area contributed by atoms with Crippen LogP contribution in [0, 0.1) is 0 Å². The van der Waals surface area contributed by atoms with Crippen LogP contribution in [0.1, 0.15) is 26.2 Å². The Hall–Kier alpha value is -1.35. The van der Waals surface area contributed by atoms with E-state index in [1.807, 2.05) is 43.3 Å². The Bertz CT molecular complexity index is 477. The molecule has 0 spiro atoms. The third-order valence-corrected chi connectivity index (χ3v) is 4.50. The van der Waals surface area contributed by atoms with Gasteiger partial charge in [-0.2, -0.15) is 0 Å². The summed E-state index contributed by atoms with van der Waals surface area (Å²) >= 11 is 0. The molecule has 3 heteroatoms. The minimum absolute atomic E-state index is 0.119. The van der Waals surface area contributed by atoms with Gasteiger partial charge in [-0.3, -0.25) is 0 Å². The largest absolute Gasteiger partial charge is 0.481 e. The van der Waals surface area contributed by atoms with Crippen molar-refractivity contribution in [2.75, 3.05) is 0 Å². The van der Waals surface area contributed by atoms with Gasteiger partial charge in [0.25, 0.3) is 0 Å². The number of hydrogen-bond acceptors (Lipinski definition) is 2. The van der Waals surface area contributed by atoms with Crippen molar-refractivity contribution < 1.29 is 8.95 Å². The van der Waals surface area contributed by atoms with Crippen molar-refractivity contribution in [3.8, 4) is 0 Å². The van der Waals surface area contributed by atoms with Gasteiger partial charge in [-0.15, -0.1) is 6.58 Å². The molecule has 0 aliphatic carbocycles. The Morgan fingerprint density at radius 1 is 1.44 bits per heavy atom. The maximum atomic E-state index is 12.5. The molecule has 0 bridgehead atoms. The molecule has 96 valence electrons. The van der Waals surface area contributed by atoms with Crippen molar-refractivity contribution in [3.63, 3.8) is 0 Å². The van der Waals surface area contributed by atoms with Crippen molar-refractivity contribution in [2.45, 2.75) is 37.2 Å². The summed E-state index contributed by atoms with van der Waals surface area (Å²) in [7, 11) is -1.20. The third kappa shape index (κ3) is 2.91. The van der Waals surface area contributed by atoms with Crippen molar-refractivity contribution in [3.05, 3.63) is 53.7 Å². The first-order chi connectivity index (χ1) is 8.72. The maximum Gasteiger partial charge on any atom is 0.187 e. The summed E-state index contributed by atoms with van der Waals surface area (Å²) in [6.45, 7) is 5.73. The molecule has 0 N–H and O–H groups in total. The SMILES string of the molecule is C=CCC1CCC(C)=C(S(=O)c2ccccc2)O1. The fraction of sp³-hybridized carbons (Fsp3) is 0.333. The van der Waals surface area contributed by atoms with Crippen LogP contribution in [0.25, 0.3) is 0 Å². The molecule has 2 unspecified atom stereocenters. The molecule has 2 nitrogen and oxygen atoms in total. The predicted octanol–water partition coefficient (Wildman–Crippen LogP) is 3.78. The minimum Gasteiger partial charge on any atom is -0.481 e. The Morgan fingerprint density at radius 3 is 2.83 bits per heavy atom. The fourth-order valence-corrected chi connectivity index (χ4v) is 3.26. The molecule has 0 saturated heterocycles. The lowest BCUT2D eigenvalue weighted by Gasteiger charge is -2.26. The van der Waals surface area contributed by atoms with Gasteiger partial charge < -0.3 is 4.74 Å². The summed E-state index contributed by atoms with van der Waals surface area (Å²) in [5.74, 6) is 0. The molecule has 2 rings (SSSR count). The second kappa shape index (κ2) is 6.01. The normalized spacial score (nSPS) is 21.3. The monoisotopic (exact) mass is 262 g/mol. The van der Waals surface area contributed by atoms with Crippen molar-refractivity contribution in [1.82, 2.24) is 0 Å². The van der Waals surface area contributed by atoms with E-state index in [0.29, 0.717) is 5.09 Å². The Labute approximate surface area is 111 Å². The van der Waals surface area contributed by atoms with Crippen LogP contribution in [-0.4, -0.2) is 10.3 Å². The smallest absolute Gasteiger partial charge is 0.187 e. The van der Waals surface area contributed by atoms with Gasteiger partial charge in [0.1, 0.15) is 16.9 Å². The molecule has 1 heterocycles. The average Bonchev–Trinajstić information content (AvgIpc) is 2.41. The highest BCUT2D eigenvalue weighted by Gasteiger charge is 2.24. The zero-order valence-electron chi connectivity index (χ0n) is 10.6. The number of hydrogen-bond donors (Lipinski definition) is 0. The second-order valence-corrected chi connectivity index (χ2v) is 5.83. The molecule has 0 amide bonds. The second-order valence-electron chi connectivity index (χ2n) is 4.45. The van der Waals surface area contributed by atoms with Gasteiger partial charge in [0.2, 0.25) is 0 Å². The molecule has 0 fully saturated rings. The van der Waals surface area contributed by atoms with Gasteiger partial charge in [0, 0.05) is 11.3 Å². The van der Waals surface area contributed by atoms with E-state index in [2.05, 4.69) is 6.58 Å². The van der Waals surface area contributed by atoms with Crippen LogP contribution >= 0.6 is 0 Å². The molecule has 0 saturated carbocycles. The van der Waals surface area contributed by atoms with E-state index in [1.54, 1.807) is 0 Å². The lowest BCUT2D eigenvalue weighted by Crippen LogP contribution is -2.20. The number of allylic oxidation sites excluding steroid dienone is 1. The first-order valence-corrected chi connectivity index (χ1v) is 7.31. The van der Waals surface area contributed by atoms with E-state index < -0.39 is 10.8 Å². The van der Waals surface area contributed by atoms with Gasteiger partial charge >= 0.3 is 0 Å². The molecule has 0 radical (unpaired) electrons. The Morgan fingerprint density at radius 2 is 2.17 bits per heavy atom. The molecule has 18 heavy (non-hydrogen) atoms. The molecule has 1 aromatic carbocycles. The zero-order valence-corrected chi connectivity index (χ0v) is 11.4. The summed E-state index contributed by atoms with van der Waals surface area (Å²) in [5, 5.41) is 0.638. The Balaban J connectivity index is 2.21. The minimum atomic E-state index is -1.20. The average molecular weight is 262 g/mol. The highest BCUT2D eigenvalue weighted by atomic mass is 32.2. The van der Waals surface area contributed by atoms with E-state index in [9.17, 15) is 4.21 Å². The molecule has 1 aliphatic rings. The summed E-state index contributed by atoms with van der Waals surface area (Å²) in [4.78, 5) is 0.797. The lowest BCUT2D eigenvalue weighted by molar-refractivity contribution is 0.112. The zero-order chi connectivity index (χ0) is 13.0. The number of benzene rings is 1. The molecule has 2 atom stereocenters. The van der Waals surface area contributed by atoms with Gasteiger partial charge in [-0.05, 0) is 37.5 Å². The number of rotatable bonds is 4. The summed E-state index contributed by atoms with van der Waals surface area (Å²) < 4.78 is 18.3. The van der Waals surface area contributed by atoms with Crippen LogP contribution < -0.4 is 0 Å². The van der Waals surface area contributed by atoms with Crippen molar-refractivity contribution >= 4 is 10.8 Å². The van der Waals surface area contributed by atoms with Crippen molar-refractivity contribution in [2.24, 2.45) is 0 Å². The standard InChI is InChI=1S/C15H18O2S/c1-3-7-13-11-10-12(2)15(17-13)18(16)14-8-5-4-6-9-14/h3-6,8-9,13H,1,7,10-11H2,2H3. The first kappa shape index (κ1) is 13.1. The van der Waals surface area contributed by atoms with Gasteiger partial charge in [0.15, 0.2) is 5.09 Å². The van der Waals surface area contributed by atoms with E-state index in [4.69, 9.17) is 4.74 Å². The molecule has 1 aliphatic heterocycles. The highest BCUT2D eigenvalue weighted by Crippen LogP contribution is 2.29. The molecule has 1 aromatic rings. The van der Waals surface area contributed by atoms with Gasteiger partial charge in [-0.1, -0.05) is 24.3 Å². The van der Waals surface area contributed by atoms with E-state index in [1.165, 1.54) is 0 Å². The topological polar surface area (TPSA) is 26.3 Å². The lowest BCUT2D eigenvalue weighted by atomic mass is 10.0. The number of ether oxygens (including phenoxy) is 1. The molecular weight excluding hydrogens is 244 g/mol. The fourth-order valence-electron chi connectivity index (χ4n) is 2.00. The predicted molar refractivity (Wildman–Crippen MR) is 74.5 cm³/mol. The summed E-state index contributed by atoms with van der Waals surface area (Å²) in [5.41, 5.74) is 1.09. The Kier molecular flexibility index (Phi) is 4.37. The maximum absolute atomic E-state index is 12.5. The molecular formula is C15H18O2S. The highest BCUT2D eigenvalue weighted by molar-refractivity contribution is 7.88. The summed E-state index contributed by atoms with van der Waals surface area (Å²) in [6.07, 6.45) is 4.71. The van der Waals surface area contributed by atoms with Gasteiger partial charge in [0.05, 0.1) is 0 Å². The van der Waals surface area contributed by atoms with Crippen LogP contribution in [-0.2, 0) is 15.5 Å². The molecule has 0 aromatic heterocycles. The van der Waals surface area contributed by atoms with Crippen LogP contribution in [0.2, 0.25) is 0 Å². The first-order valence-electron chi connectivity index (χ1n) is 6.16.